The summed E-state index contributed by atoms with van der Waals surface area (Å²) in [4.78, 5) is 92.4. The average molecular weight is 952 g/mol. The number of phosphoric ester groups is 3. The molecule has 61 heavy (non-hydrogen) atoms. The summed E-state index contributed by atoms with van der Waals surface area (Å²) >= 11 is 1.03. The lowest BCUT2D eigenvalue weighted by molar-refractivity contribution is -0.402. The molecule has 3 heterocycles. The number of amides is 2. The number of hydrogen-bond donors (Lipinski definition) is 11. The van der Waals surface area contributed by atoms with Gasteiger partial charge in [-0.1, -0.05) is 32.5 Å². The number of rotatable bonds is 26. The van der Waals surface area contributed by atoms with E-state index in [9.17, 15) is 57.9 Å². The molecule has 27 nitrogen and oxygen atoms in total. The number of fused-ring (bicyclic) bond motifs is 1. The van der Waals surface area contributed by atoms with E-state index in [2.05, 4.69) is 45.1 Å². The molecule has 8 atom stereocenters. The SMILES string of the molecule is CCCC(N)=NCCCC([NH3+])C(=O)SCCNC(=O)CCNC(=O)C(O)C(C)(C)COP(=O)(O)OP(=O)(O)OCC1OC(n2cnc3c(N)ncnc32)C(O)C1OP(=O)(O)O. The van der Waals surface area contributed by atoms with E-state index in [0.29, 0.717) is 37.4 Å². The third-order valence-corrected chi connectivity index (χ3v) is 12.7. The first kappa shape index (κ1) is 52.3. The number of thioether (sulfide) groups is 1. The van der Waals surface area contributed by atoms with Crippen LogP contribution < -0.4 is 27.8 Å². The normalized spacial score (nSPS) is 21.7. The van der Waals surface area contributed by atoms with Gasteiger partial charge in [0.05, 0.1) is 25.4 Å². The monoisotopic (exact) mass is 951 g/mol. The van der Waals surface area contributed by atoms with Crippen LogP contribution in [0.2, 0.25) is 0 Å². The van der Waals surface area contributed by atoms with Gasteiger partial charge in [0.2, 0.25) is 16.9 Å². The molecule has 2 aromatic heterocycles. The summed E-state index contributed by atoms with van der Waals surface area (Å²) in [5.74, 6) is -0.622. The zero-order chi connectivity index (χ0) is 45.8. The average Bonchev–Trinajstić information content (AvgIpc) is 3.73. The van der Waals surface area contributed by atoms with E-state index in [1.165, 1.54) is 13.8 Å². The van der Waals surface area contributed by atoms with E-state index in [-0.39, 0.29) is 41.6 Å². The first-order valence-corrected chi connectivity index (χ1v) is 24.0. The van der Waals surface area contributed by atoms with Crippen LogP contribution in [0.25, 0.3) is 11.2 Å². The summed E-state index contributed by atoms with van der Waals surface area (Å²) in [6, 6.07) is -0.444. The Morgan fingerprint density at radius 3 is 2.44 bits per heavy atom. The Morgan fingerprint density at radius 1 is 1.08 bits per heavy atom. The van der Waals surface area contributed by atoms with E-state index in [0.717, 1.165) is 35.4 Å². The standard InChI is InChI=1S/C30H53N10O17P3S/c1-4-6-19(32)34-9-5-7-17(31)29(45)61-12-11-35-20(41)8-10-36-27(44)24(43)30(2,3)14-54-60(51,52)57-59(49,50)53-13-18-23(56-58(46,47)48)22(42)28(55-18)40-16-39-21-25(33)37-15-38-26(21)40/h15-18,22-24,28,42-43H,4-14,31H2,1-3H3,(H2,32,34)(H,35,41)(H,36,44)(H,49,50)(H,51,52)(H2,33,37,38)(H2,46,47,48)/p+1. The van der Waals surface area contributed by atoms with E-state index in [1.54, 1.807) is 0 Å². The van der Waals surface area contributed by atoms with Crippen LogP contribution >= 0.6 is 35.2 Å². The van der Waals surface area contributed by atoms with Gasteiger partial charge < -0.3 is 62.4 Å². The Balaban J connectivity index is 1.42. The highest BCUT2D eigenvalue weighted by molar-refractivity contribution is 8.13. The van der Waals surface area contributed by atoms with Gasteiger partial charge in [-0.05, 0) is 12.8 Å². The summed E-state index contributed by atoms with van der Waals surface area (Å²) in [5.41, 5.74) is 13.9. The molecule has 0 spiro atoms. The number of anilines is 1. The molecule has 0 aromatic carbocycles. The second-order valence-electron chi connectivity index (χ2n) is 14.2. The van der Waals surface area contributed by atoms with Crippen LogP contribution in [0.3, 0.4) is 0 Å². The molecule has 31 heteroatoms. The number of hydrogen-bond acceptors (Lipinski definition) is 19. The quantitative estimate of drug-likeness (QED) is 0.0215. The number of nitrogens with two attached hydrogens (primary N) is 2. The first-order valence-electron chi connectivity index (χ1n) is 18.5. The molecule has 15 N–H and O–H groups in total. The summed E-state index contributed by atoms with van der Waals surface area (Å²) in [7, 11) is -16.4. The van der Waals surface area contributed by atoms with Gasteiger partial charge in [0.25, 0.3) is 0 Å². The molecule has 1 aliphatic rings. The minimum Gasteiger partial charge on any atom is -0.387 e. The highest BCUT2D eigenvalue weighted by atomic mass is 32.2. The van der Waals surface area contributed by atoms with Gasteiger partial charge in [-0.25, -0.2) is 28.6 Å². The highest BCUT2D eigenvalue weighted by Crippen LogP contribution is 2.61. The van der Waals surface area contributed by atoms with Crippen LogP contribution in [0.1, 0.15) is 59.1 Å². The van der Waals surface area contributed by atoms with E-state index >= 15 is 0 Å². The fraction of sp³-hybridized carbons (Fsp3) is 0.700. The lowest BCUT2D eigenvalue weighted by Gasteiger charge is -2.30. The van der Waals surface area contributed by atoms with E-state index < -0.39 is 90.6 Å². The lowest BCUT2D eigenvalue weighted by Crippen LogP contribution is -2.64. The van der Waals surface area contributed by atoms with Crippen LogP contribution in [0.5, 0.6) is 0 Å². The molecule has 0 bridgehead atoms. The number of carbonyl (C=O) groups excluding carboxylic acids is 3. The number of aliphatic hydroxyl groups is 2. The number of aromatic nitrogens is 4. The maximum absolute atomic E-state index is 12.7. The van der Waals surface area contributed by atoms with E-state index in [1.807, 2.05) is 6.92 Å². The number of phosphoric acid groups is 3. The maximum atomic E-state index is 12.7. The van der Waals surface area contributed by atoms with Crippen molar-refractivity contribution in [1.29, 1.82) is 0 Å². The molecular formula is C30H54N10O17P3S+. The molecule has 1 aliphatic heterocycles. The predicted octanol–water partition coefficient (Wildman–Crippen LogP) is -1.79. The van der Waals surface area contributed by atoms with Crippen LogP contribution in [0.15, 0.2) is 17.6 Å². The third kappa shape index (κ3) is 16.9. The number of quaternary nitrogens is 1. The fourth-order valence-electron chi connectivity index (χ4n) is 5.41. The van der Waals surface area contributed by atoms with Gasteiger partial charge in [0, 0.05) is 50.1 Å². The molecule has 0 radical (unpaired) electrons. The minimum atomic E-state index is -5.58. The number of nitrogen functional groups attached to an aromatic ring is 1. The van der Waals surface area contributed by atoms with Crippen LogP contribution in [0.4, 0.5) is 5.82 Å². The number of ether oxygens (including phenoxy) is 1. The topological polar surface area (TPSA) is 430 Å². The number of carbonyl (C=O) groups is 3. The number of imidazole rings is 1. The van der Waals surface area contributed by atoms with Gasteiger partial charge in [-0.2, -0.15) is 4.31 Å². The number of aliphatic hydroxyl groups excluding tert-OH is 2. The Kier molecular flexibility index (Phi) is 19.8. The van der Waals surface area contributed by atoms with E-state index in [4.69, 9.17) is 25.3 Å². The van der Waals surface area contributed by atoms with Crippen molar-refractivity contribution in [3.05, 3.63) is 12.7 Å². The smallest absolute Gasteiger partial charge is 0.387 e. The van der Waals surface area contributed by atoms with Crippen molar-refractivity contribution in [2.45, 2.75) is 89.6 Å². The largest absolute Gasteiger partial charge is 0.481 e. The Bertz CT molecular complexity index is 1990. The minimum absolute atomic E-state index is 0.0268. The van der Waals surface area contributed by atoms with Gasteiger partial charge in [0.1, 0.15) is 36.3 Å². The van der Waals surface area contributed by atoms with Gasteiger partial charge in [-0.15, -0.1) is 0 Å². The van der Waals surface area contributed by atoms with Crippen molar-refractivity contribution >= 4 is 75.0 Å². The summed E-state index contributed by atoms with van der Waals surface area (Å²) in [6.45, 7) is 2.92. The van der Waals surface area contributed by atoms with Crippen molar-refractivity contribution < 1.29 is 86.2 Å². The second-order valence-corrected chi connectivity index (χ2v) is 19.5. The molecule has 2 aromatic rings. The molecule has 3 rings (SSSR count). The summed E-state index contributed by atoms with van der Waals surface area (Å²) in [6.07, 6.45) is -4.17. The van der Waals surface area contributed by atoms with Crippen LogP contribution in [0, 0.1) is 5.41 Å². The number of aliphatic imine (C=N–C) groups is 1. The molecule has 1 saturated heterocycles. The zero-order valence-electron chi connectivity index (χ0n) is 33.4. The second kappa shape index (κ2) is 23.1. The Morgan fingerprint density at radius 2 is 1.77 bits per heavy atom. The zero-order valence-corrected chi connectivity index (χ0v) is 36.9. The Hall–Kier alpha value is -3.01. The Labute approximate surface area is 353 Å². The lowest BCUT2D eigenvalue weighted by atomic mass is 9.87. The first-order chi connectivity index (χ1) is 28.4. The number of nitrogens with zero attached hydrogens (tertiary/aromatic N) is 5. The molecule has 0 aliphatic carbocycles. The third-order valence-electron chi connectivity index (χ3n) is 8.61. The van der Waals surface area contributed by atoms with Crippen LogP contribution in [-0.4, -0.2) is 141 Å². The molecule has 346 valence electrons. The summed E-state index contributed by atoms with van der Waals surface area (Å²) < 4.78 is 62.2. The van der Waals surface area contributed by atoms with Crippen molar-refractivity contribution in [3.8, 4) is 0 Å². The van der Waals surface area contributed by atoms with Crippen molar-refractivity contribution in [2.75, 3.05) is 44.3 Å². The van der Waals surface area contributed by atoms with Gasteiger partial charge >= 0.3 is 23.5 Å². The number of amidine groups is 1. The fourth-order valence-corrected chi connectivity index (χ4v) is 9.00. The molecule has 8 unspecified atom stereocenters. The van der Waals surface area contributed by atoms with Crippen LogP contribution in [-0.2, 0) is 50.7 Å². The summed E-state index contributed by atoms with van der Waals surface area (Å²) in [5, 5.41) is 26.3. The van der Waals surface area contributed by atoms with Crippen molar-refractivity contribution in [1.82, 2.24) is 30.2 Å². The van der Waals surface area contributed by atoms with Crippen molar-refractivity contribution in [3.63, 3.8) is 0 Å². The number of nitrogens with one attached hydrogen (secondary N) is 2. The predicted molar refractivity (Wildman–Crippen MR) is 214 cm³/mol. The maximum Gasteiger partial charge on any atom is 0.481 e. The van der Waals surface area contributed by atoms with Gasteiger partial charge in [-0.3, -0.25) is 37.5 Å². The molecule has 0 saturated carbocycles. The van der Waals surface area contributed by atoms with Gasteiger partial charge in [0.15, 0.2) is 23.7 Å². The molecule has 1 fully saturated rings. The molecular weight excluding hydrogens is 897 g/mol. The van der Waals surface area contributed by atoms with Crippen molar-refractivity contribution in [2.24, 2.45) is 16.1 Å². The molecule has 2 amide bonds. The highest BCUT2D eigenvalue weighted by Gasteiger charge is 2.50.